The molecule has 1 unspecified atom stereocenters. The molecular formula is C11H20ClN5O. The van der Waals surface area contributed by atoms with Crippen molar-refractivity contribution >= 4 is 23.5 Å². The molecule has 0 aliphatic rings. The number of rotatable bonds is 7. The van der Waals surface area contributed by atoms with Crippen molar-refractivity contribution in [3.05, 3.63) is 5.28 Å². The number of likely N-dealkylation sites (N-methyl/N-ethyl adjacent to an activating group) is 1. The van der Waals surface area contributed by atoms with Gasteiger partial charge in [-0.15, -0.1) is 0 Å². The van der Waals surface area contributed by atoms with Gasteiger partial charge in [-0.1, -0.05) is 0 Å². The Morgan fingerprint density at radius 2 is 2.06 bits per heavy atom. The first-order valence-electron chi connectivity index (χ1n) is 6.03. The summed E-state index contributed by atoms with van der Waals surface area (Å²) in [5.74, 6) is 1.06. The Morgan fingerprint density at radius 3 is 2.61 bits per heavy atom. The second-order valence-electron chi connectivity index (χ2n) is 3.85. The van der Waals surface area contributed by atoms with E-state index in [4.69, 9.17) is 16.3 Å². The smallest absolute Gasteiger partial charge is 0.231 e. The lowest BCUT2D eigenvalue weighted by Crippen LogP contribution is -2.37. The third kappa shape index (κ3) is 3.96. The van der Waals surface area contributed by atoms with Crippen LogP contribution < -0.4 is 10.2 Å². The van der Waals surface area contributed by atoms with Crippen molar-refractivity contribution in [3.8, 4) is 0 Å². The molecule has 0 aliphatic heterocycles. The highest BCUT2D eigenvalue weighted by Gasteiger charge is 2.17. The van der Waals surface area contributed by atoms with Gasteiger partial charge in [0, 0.05) is 20.2 Å². The number of ether oxygens (including phenoxy) is 1. The van der Waals surface area contributed by atoms with E-state index in [1.54, 1.807) is 7.11 Å². The molecule has 0 saturated heterocycles. The van der Waals surface area contributed by atoms with Crippen LogP contribution in [0.3, 0.4) is 0 Å². The van der Waals surface area contributed by atoms with Crippen LogP contribution in [0.2, 0.25) is 5.28 Å². The summed E-state index contributed by atoms with van der Waals surface area (Å²) in [6.07, 6.45) is 0. The zero-order chi connectivity index (χ0) is 13.5. The van der Waals surface area contributed by atoms with E-state index in [2.05, 4.69) is 27.2 Å². The maximum atomic E-state index is 5.91. The van der Waals surface area contributed by atoms with Crippen LogP contribution in [0.4, 0.5) is 11.9 Å². The summed E-state index contributed by atoms with van der Waals surface area (Å²) in [5.41, 5.74) is 0. The zero-order valence-corrected chi connectivity index (χ0v) is 12.0. The lowest BCUT2D eigenvalue weighted by molar-refractivity contribution is 0.181. The average Bonchev–Trinajstić information content (AvgIpc) is 2.30. The van der Waals surface area contributed by atoms with Gasteiger partial charge in [-0.2, -0.15) is 15.0 Å². The molecule has 6 nitrogen and oxygen atoms in total. The number of nitrogens with zero attached hydrogens (tertiary/aromatic N) is 4. The number of hydrogen-bond acceptors (Lipinski definition) is 6. The van der Waals surface area contributed by atoms with Crippen LogP contribution in [0.1, 0.15) is 20.8 Å². The van der Waals surface area contributed by atoms with Gasteiger partial charge in [0.15, 0.2) is 0 Å². The van der Waals surface area contributed by atoms with Crippen molar-refractivity contribution in [3.63, 3.8) is 0 Å². The van der Waals surface area contributed by atoms with Gasteiger partial charge in [-0.3, -0.25) is 0 Å². The molecule has 0 radical (unpaired) electrons. The third-order valence-electron chi connectivity index (χ3n) is 2.47. The second kappa shape index (κ2) is 7.33. The molecular weight excluding hydrogens is 254 g/mol. The van der Waals surface area contributed by atoms with Crippen molar-refractivity contribution in [2.75, 3.05) is 37.0 Å². The third-order valence-corrected chi connectivity index (χ3v) is 2.64. The molecule has 0 bridgehead atoms. The van der Waals surface area contributed by atoms with Gasteiger partial charge in [0.2, 0.25) is 17.2 Å². The highest BCUT2D eigenvalue weighted by atomic mass is 35.5. The number of anilines is 2. The summed E-state index contributed by atoms with van der Waals surface area (Å²) < 4.78 is 5.15. The predicted octanol–water partition coefficient (Wildman–Crippen LogP) is 1.82. The summed E-state index contributed by atoms with van der Waals surface area (Å²) in [7, 11) is 1.68. The lowest BCUT2D eigenvalue weighted by Gasteiger charge is -2.27. The van der Waals surface area contributed by atoms with Gasteiger partial charge >= 0.3 is 0 Å². The molecule has 7 heteroatoms. The van der Waals surface area contributed by atoms with Crippen molar-refractivity contribution in [2.24, 2.45) is 0 Å². The molecule has 1 aromatic heterocycles. The summed E-state index contributed by atoms with van der Waals surface area (Å²) in [4.78, 5) is 14.6. The van der Waals surface area contributed by atoms with E-state index < -0.39 is 0 Å². The Balaban J connectivity index is 2.97. The molecule has 18 heavy (non-hydrogen) atoms. The number of methoxy groups -OCH3 is 1. The lowest BCUT2D eigenvalue weighted by atomic mass is 10.3. The standard InChI is InChI=1S/C11H20ClN5O/c1-5-13-10-14-9(12)15-11(16-10)17(6-2)8(3)7-18-4/h8H,5-7H2,1-4H3,(H,13,14,15,16). The van der Waals surface area contributed by atoms with E-state index in [-0.39, 0.29) is 11.3 Å². The minimum atomic E-state index is 0.174. The zero-order valence-electron chi connectivity index (χ0n) is 11.3. The van der Waals surface area contributed by atoms with E-state index in [1.165, 1.54) is 0 Å². The van der Waals surface area contributed by atoms with E-state index in [1.807, 2.05) is 18.7 Å². The molecule has 0 amide bonds. The number of halogens is 1. The molecule has 0 saturated carbocycles. The van der Waals surface area contributed by atoms with Crippen LogP contribution in [0, 0.1) is 0 Å². The van der Waals surface area contributed by atoms with E-state index in [9.17, 15) is 0 Å². The number of aromatic nitrogens is 3. The van der Waals surface area contributed by atoms with Crippen molar-refractivity contribution in [1.82, 2.24) is 15.0 Å². The van der Waals surface area contributed by atoms with Gasteiger partial charge in [0.05, 0.1) is 12.6 Å². The van der Waals surface area contributed by atoms with E-state index >= 15 is 0 Å². The molecule has 0 aliphatic carbocycles. The maximum Gasteiger partial charge on any atom is 0.231 e. The first-order valence-corrected chi connectivity index (χ1v) is 6.41. The van der Waals surface area contributed by atoms with Crippen molar-refractivity contribution < 1.29 is 4.74 Å². The number of nitrogens with one attached hydrogen (secondary N) is 1. The summed E-state index contributed by atoms with van der Waals surface area (Å²) >= 11 is 5.91. The maximum absolute atomic E-state index is 5.91. The monoisotopic (exact) mass is 273 g/mol. The molecule has 1 atom stereocenters. The fraction of sp³-hybridized carbons (Fsp3) is 0.727. The quantitative estimate of drug-likeness (QED) is 0.818. The van der Waals surface area contributed by atoms with Crippen LogP contribution in [-0.2, 0) is 4.74 Å². The minimum Gasteiger partial charge on any atom is -0.383 e. The molecule has 0 fully saturated rings. The van der Waals surface area contributed by atoms with Gasteiger partial charge in [-0.25, -0.2) is 0 Å². The van der Waals surface area contributed by atoms with Gasteiger partial charge in [0.1, 0.15) is 0 Å². The van der Waals surface area contributed by atoms with E-state index in [0.717, 1.165) is 13.1 Å². The van der Waals surface area contributed by atoms with Crippen LogP contribution in [0.5, 0.6) is 0 Å². The molecule has 102 valence electrons. The van der Waals surface area contributed by atoms with Gasteiger partial charge < -0.3 is 15.0 Å². The fourth-order valence-electron chi connectivity index (χ4n) is 1.69. The van der Waals surface area contributed by atoms with Crippen LogP contribution >= 0.6 is 11.6 Å². The highest BCUT2D eigenvalue weighted by molar-refractivity contribution is 6.28. The Bertz CT molecular complexity index is 376. The molecule has 1 aromatic rings. The van der Waals surface area contributed by atoms with Gasteiger partial charge in [-0.05, 0) is 32.4 Å². The molecule has 1 N–H and O–H groups in total. The Kier molecular flexibility index (Phi) is 6.07. The van der Waals surface area contributed by atoms with Crippen molar-refractivity contribution in [2.45, 2.75) is 26.8 Å². The van der Waals surface area contributed by atoms with Crippen LogP contribution in [-0.4, -0.2) is 47.8 Å². The van der Waals surface area contributed by atoms with Gasteiger partial charge in [0.25, 0.3) is 0 Å². The predicted molar refractivity (Wildman–Crippen MR) is 73.4 cm³/mol. The normalized spacial score (nSPS) is 12.3. The minimum absolute atomic E-state index is 0.174. The topological polar surface area (TPSA) is 63.2 Å². The Hall–Kier alpha value is -1.14. The highest BCUT2D eigenvalue weighted by Crippen LogP contribution is 2.16. The number of hydrogen-bond donors (Lipinski definition) is 1. The summed E-state index contributed by atoms with van der Waals surface area (Å²) in [6, 6.07) is 0.174. The molecule has 1 heterocycles. The molecule has 1 rings (SSSR count). The molecule has 0 spiro atoms. The fourth-order valence-corrected chi connectivity index (χ4v) is 1.84. The largest absolute Gasteiger partial charge is 0.383 e. The molecule has 0 aromatic carbocycles. The van der Waals surface area contributed by atoms with Crippen molar-refractivity contribution in [1.29, 1.82) is 0 Å². The first-order chi connectivity index (χ1) is 8.62. The Labute approximate surface area is 113 Å². The Morgan fingerprint density at radius 1 is 1.33 bits per heavy atom. The summed E-state index contributed by atoms with van der Waals surface area (Å²) in [5, 5.41) is 3.23. The first kappa shape index (κ1) is 14.9. The van der Waals surface area contributed by atoms with Crippen LogP contribution in [0.25, 0.3) is 0 Å². The van der Waals surface area contributed by atoms with Crippen LogP contribution in [0.15, 0.2) is 0 Å². The average molecular weight is 274 g/mol. The second-order valence-corrected chi connectivity index (χ2v) is 4.19. The SMILES string of the molecule is CCNc1nc(Cl)nc(N(CC)C(C)COC)n1. The summed E-state index contributed by atoms with van der Waals surface area (Å²) in [6.45, 7) is 8.18. The van der Waals surface area contributed by atoms with E-state index in [0.29, 0.717) is 18.5 Å².